The van der Waals surface area contributed by atoms with Crippen LogP contribution in [0.25, 0.3) is 5.69 Å². The summed E-state index contributed by atoms with van der Waals surface area (Å²) < 4.78 is 35.4. The highest BCUT2D eigenvalue weighted by Crippen LogP contribution is 2.33. The van der Waals surface area contributed by atoms with Crippen molar-refractivity contribution >= 4 is 10.0 Å². The van der Waals surface area contributed by atoms with Gasteiger partial charge in [0.15, 0.2) is 0 Å². The van der Waals surface area contributed by atoms with Crippen molar-refractivity contribution in [3.8, 4) is 11.4 Å². The van der Waals surface area contributed by atoms with Gasteiger partial charge in [-0.1, -0.05) is 36.4 Å². The summed E-state index contributed by atoms with van der Waals surface area (Å²) >= 11 is 0. The first-order valence-electron chi connectivity index (χ1n) is 9.07. The smallest absolute Gasteiger partial charge is 0.246 e. The summed E-state index contributed by atoms with van der Waals surface area (Å²) in [5.74, 6) is 0.677. The van der Waals surface area contributed by atoms with Crippen LogP contribution in [-0.2, 0) is 10.0 Å². The molecule has 4 rings (SSSR count). The molecule has 1 atom stereocenters. The van der Waals surface area contributed by atoms with Gasteiger partial charge in [0.1, 0.15) is 10.6 Å². The largest absolute Gasteiger partial charge is 0.496 e. The average Bonchev–Trinajstić information content (AvgIpc) is 3.25. The lowest BCUT2D eigenvalue weighted by Crippen LogP contribution is -2.48. The molecule has 7 nitrogen and oxygen atoms in total. The molecule has 0 saturated carbocycles. The van der Waals surface area contributed by atoms with Crippen molar-refractivity contribution in [1.82, 2.24) is 19.4 Å². The van der Waals surface area contributed by atoms with E-state index in [-0.39, 0.29) is 10.9 Å². The predicted molar refractivity (Wildman–Crippen MR) is 106 cm³/mol. The van der Waals surface area contributed by atoms with Crippen LogP contribution in [0.1, 0.15) is 11.6 Å². The fraction of sp³-hybridized carbons (Fsp3) is 0.250. The number of methoxy groups -OCH3 is 1. The molecule has 1 saturated heterocycles. The molecule has 2 heterocycles. The van der Waals surface area contributed by atoms with Gasteiger partial charge in [0, 0.05) is 25.2 Å². The van der Waals surface area contributed by atoms with Gasteiger partial charge in [-0.3, -0.25) is 0 Å². The van der Waals surface area contributed by atoms with Crippen LogP contribution in [0.5, 0.6) is 5.75 Å². The number of sulfonamides is 1. The molecule has 1 N–H and O–H groups in total. The van der Waals surface area contributed by atoms with Crippen molar-refractivity contribution in [1.29, 1.82) is 0 Å². The van der Waals surface area contributed by atoms with Crippen LogP contribution < -0.4 is 10.1 Å². The summed E-state index contributed by atoms with van der Waals surface area (Å²) in [5, 5.41) is 7.54. The molecule has 2 aromatic carbocycles. The van der Waals surface area contributed by atoms with Crippen LogP contribution in [0.4, 0.5) is 0 Å². The molecule has 0 aliphatic carbocycles. The number of hydrogen-bond acceptors (Lipinski definition) is 5. The number of hydrogen-bond donors (Lipinski definition) is 1. The van der Waals surface area contributed by atoms with E-state index in [0.717, 1.165) is 11.3 Å². The zero-order valence-corrected chi connectivity index (χ0v) is 16.3. The van der Waals surface area contributed by atoms with Gasteiger partial charge in [-0.15, -0.1) is 0 Å². The number of para-hydroxylation sites is 2. The topological polar surface area (TPSA) is 76.5 Å². The quantitative estimate of drug-likeness (QED) is 0.713. The zero-order valence-electron chi connectivity index (χ0n) is 15.5. The van der Waals surface area contributed by atoms with Crippen LogP contribution in [0.2, 0.25) is 0 Å². The minimum Gasteiger partial charge on any atom is -0.496 e. The van der Waals surface area contributed by atoms with E-state index >= 15 is 0 Å². The molecule has 1 unspecified atom stereocenters. The van der Waals surface area contributed by atoms with Crippen LogP contribution in [0.15, 0.2) is 71.9 Å². The number of piperazine rings is 1. The van der Waals surface area contributed by atoms with E-state index in [9.17, 15) is 8.42 Å². The first-order valence-corrected chi connectivity index (χ1v) is 10.5. The summed E-state index contributed by atoms with van der Waals surface area (Å²) in [6.07, 6.45) is 2.97. The summed E-state index contributed by atoms with van der Waals surface area (Å²) in [5.41, 5.74) is 1.65. The van der Waals surface area contributed by atoms with Crippen LogP contribution in [0.3, 0.4) is 0 Å². The Balaban J connectivity index is 1.70. The maximum atomic E-state index is 13.4. The second-order valence-electron chi connectivity index (χ2n) is 6.53. The molecule has 1 aromatic heterocycles. The Hall–Kier alpha value is -2.68. The Morgan fingerprint density at radius 3 is 2.64 bits per heavy atom. The minimum atomic E-state index is -3.72. The van der Waals surface area contributed by atoms with E-state index in [1.54, 1.807) is 18.0 Å². The summed E-state index contributed by atoms with van der Waals surface area (Å²) in [4.78, 5) is 0.179. The Morgan fingerprint density at radius 2 is 1.86 bits per heavy atom. The van der Waals surface area contributed by atoms with Crippen molar-refractivity contribution in [2.45, 2.75) is 10.9 Å². The Morgan fingerprint density at radius 1 is 1.11 bits per heavy atom. The fourth-order valence-corrected chi connectivity index (χ4v) is 5.02. The monoisotopic (exact) mass is 398 g/mol. The van der Waals surface area contributed by atoms with Crippen molar-refractivity contribution in [3.63, 3.8) is 0 Å². The third kappa shape index (κ3) is 3.42. The summed E-state index contributed by atoms with van der Waals surface area (Å²) in [6, 6.07) is 16.6. The van der Waals surface area contributed by atoms with Crippen LogP contribution in [-0.4, -0.2) is 49.2 Å². The number of rotatable bonds is 5. The standard InChI is InChI=1S/C20H22N4O3S/c1-27-20-10-6-5-9-18(20)19-14-21-11-12-24(19)28(25,26)17-13-22-23(15-17)16-7-3-2-4-8-16/h2-10,13,15,19,21H,11-12,14H2,1H3. The maximum absolute atomic E-state index is 13.4. The molecular weight excluding hydrogens is 376 g/mol. The molecule has 0 amide bonds. The lowest BCUT2D eigenvalue weighted by Gasteiger charge is -2.35. The van der Waals surface area contributed by atoms with Gasteiger partial charge < -0.3 is 10.1 Å². The third-order valence-corrected chi connectivity index (χ3v) is 6.74. The van der Waals surface area contributed by atoms with E-state index in [2.05, 4.69) is 10.4 Å². The van der Waals surface area contributed by atoms with Crippen molar-refractivity contribution in [3.05, 3.63) is 72.6 Å². The zero-order chi connectivity index (χ0) is 19.6. The average molecular weight is 398 g/mol. The number of benzene rings is 2. The maximum Gasteiger partial charge on any atom is 0.246 e. The molecule has 0 bridgehead atoms. The molecule has 28 heavy (non-hydrogen) atoms. The van der Waals surface area contributed by atoms with E-state index in [0.29, 0.717) is 25.4 Å². The number of ether oxygens (including phenoxy) is 1. The molecule has 1 fully saturated rings. The lowest BCUT2D eigenvalue weighted by atomic mass is 10.0. The highest BCUT2D eigenvalue weighted by atomic mass is 32.2. The fourth-order valence-electron chi connectivity index (χ4n) is 3.48. The van der Waals surface area contributed by atoms with Crippen LogP contribution >= 0.6 is 0 Å². The first kappa shape index (κ1) is 18.7. The molecule has 146 valence electrons. The summed E-state index contributed by atoms with van der Waals surface area (Å²) in [7, 11) is -2.12. The second-order valence-corrected chi connectivity index (χ2v) is 8.42. The van der Waals surface area contributed by atoms with Gasteiger partial charge in [-0.05, 0) is 18.2 Å². The first-order chi connectivity index (χ1) is 13.6. The van der Waals surface area contributed by atoms with E-state index < -0.39 is 10.0 Å². The lowest BCUT2D eigenvalue weighted by molar-refractivity contribution is 0.264. The highest BCUT2D eigenvalue weighted by Gasteiger charge is 2.36. The van der Waals surface area contributed by atoms with Gasteiger partial charge in [0.05, 0.1) is 31.2 Å². The SMILES string of the molecule is COc1ccccc1C1CNCCN1S(=O)(=O)c1cnn(-c2ccccc2)c1. The summed E-state index contributed by atoms with van der Waals surface area (Å²) in [6.45, 7) is 1.49. The van der Waals surface area contributed by atoms with E-state index in [1.807, 2.05) is 54.6 Å². The van der Waals surface area contributed by atoms with Gasteiger partial charge in [0.25, 0.3) is 0 Å². The normalized spacial score (nSPS) is 18.1. The van der Waals surface area contributed by atoms with Crippen molar-refractivity contribution in [2.24, 2.45) is 0 Å². The molecule has 0 spiro atoms. The molecule has 1 aliphatic rings. The minimum absolute atomic E-state index is 0.179. The Labute approximate surface area is 164 Å². The molecule has 3 aromatic rings. The highest BCUT2D eigenvalue weighted by molar-refractivity contribution is 7.89. The second kappa shape index (κ2) is 7.75. The van der Waals surface area contributed by atoms with E-state index in [4.69, 9.17) is 4.74 Å². The van der Waals surface area contributed by atoms with Gasteiger partial charge in [-0.25, -0.2) is 13.1 Å². The molecular formula is C20H22N4O3S. The van der Waals surface area contributed by atoms with Gasteiger partial charge >= 0.3 is 0 Å². The Bertz CT molecular complexity index is 1050. The number of nitrogens with zero attached hydrogens (tertiary/aromatic N) is 3. The molecule has 0 radical (unpaired) electrons. The molecule has 1 aliphatic heterocycles. The van der Waals surface area contributed by atoms with Crippen molar-refractivity contribution < 1.29 is 13.2 Å². The Kier molecular flexibility index (Phi) is 5.17. The van der Waals surface area contributed by atoms with Crippen LogP contribution in [0, 0.1) is 0 Å². The van der Waals surface area contributed by atoms with Gasteiger partial charge in [-0.2, -0.15) is 9.40 Å². The third-order valence-electron chi connectivity index (χ3n) is 4.88. The van der Waals surface area contributed by atoms with Gasteiger partial charge in [0.2, 0.25) is 10.0 Å². The van der Waals surface area contributed by atoms with E-state index in [1.165, 1.54) is 10.5 Å². The number of nitrogens with one attached hydrogen (secondary N) is 1. The molecule has 8 heteroatoms. The predicted octanol–water partition coefficient (Wildman–Crippen LogP) is 2.22. The number of aromatic nitrogens is 2. The van der Waals surface area contributed by atoms with Crippen molar-refractivity contribution in [2.75, 3.05) is 26.7 Å².